The van der Waals surface area contributed by atoms with Gasteiger partial charge in [-0.15, -0.1) is 0 Å². The van der Waals surface area contributed by atoms with E-state index < -0.39 is 5.91 Å². The third kappa shape index (κ3) is 3.50. The van der Waals surface area contributed by atoms with Crippen molar-refractivity contribution in [1.82, 2.24) is 0 Å². The van der Waals surface area contributed by atoms with Gasteiger partial charge in [-0.1, -0.05) is 35.9 Å². The zero-order valence-corrected chi connectivity index (χ0v) is 11.5. The van der Waals surface area contributed by atoms with E-state index in [1.165, 1.54) is 0 Å². The standard InChI is InChI=1S/C15H15ClN2O2/c16-14-7-12(5-6-13(14)15(17)20)18-8-10-1-3-11(9-19)4-2-10/h1-7,18-19H,8-9H2,(H2,17,20). The molecular weight excluding hydrogens is 276 g/mol. The molecule has 104 valence electrons. The number of rotatable bonds is 5. The number of carbonyl (C=O) groups is 1. The molecule has 0 atom stereocenters. The number of hydrogen-bond acceptors (Lipinski definition) is 3. The SMILES string of the molecule is NC(=O)c1ccc(NCc2ccc(CO)cc2)cc1Cl. The Morgan fingerprint density at radius 2 is 1.80 bits per heavy atom. The van der Waals surface area contributed by atoms with Crippen LogP contribution in [0.3, 0.4) is 0 Å². The summed E-state index contributed by atoms with van der Waals surface area (Å²) in [6.45, 7) is 0.663. The molecule has 0 heterocycles. The predicted molar refractivity (Wildman–Crippen MR) is 79.7 cm³/mol. The quantitative estimate of drug-likeness (QED) is 0.792. The number of carbonyl (C=O) groups excluding carboxylic acids is 1. The molecule has 0 radical (unpaired) electrons. The van der Waals surface area contributed by atoms with Gasteiger partial charge in [-0.3, -0.25) is 4.79 Å². The van der Waals surface area contributed by atoms with Crippen LogP contribution in [0.2, 0.25) is 5.02 Å². The highest BCUT2D eigenvalue weighted by atomic mass is 35.5. The Labute approximate surface area is 122 Å². The Kier molecular flexibility index (Phi) is 4.61. The van der Waals surface area contributed by atoms with Gasteiger partial charge in [0.25, 0.3) is 0 Å². The summed E-state index contributed by atoms with van der Waals surface area (Å²) in [4.78, 5) is 11.1. The van der Waals surface area contributed by atoms with E-state index in [1.54, 1.807) is 18.2 Å². The van der Waals surface area contributed by atoms with Crippen LogP contribution in [-0.2, 0) is 13.2 Å². The fourth-order valence-corrected chi connectivity index (χ4v) is 2.07. The van der Waals surface area contributed by atoms with Crippen molar-refractivity contribution in [3.05, 3.63) is 64.2 Å². The van der Waals surface area contributed by atoms with Crippen LogP contribution >= 0.6 is 11.6 Å². The van der Waals surface area contributed by atoms with Crippen molar-refractivity contribution in [3.63, 3.8) is 0 Å². The molecule has 2 aromatic carbocycles. The van der Waals surface area contributed by atoms with Crippen LogP contribution in [0.1, 0.15) is 21.5 Å². The molecule has 2 aromatic rings. The first kappa shape index (κ1) is 14.4. The van der Waals surface area contributed by atoms with E-state index in [2.05, 4.69) is 5.32 Å². The fourth-order valence-electron chi connectivity index (χ4n) is 1.79. The lowest BCUT2D eigenvalue weighted by Crippen LogP contribution is -2.11. The summed E-state index contributed by atoms with van der Waals surface area (Å²) in [5.74, 6) is -0.541. The number of hydrogen-bond donors (Lipinski definition) is 3. The number of anilines is 1. The Balaban J connectivity index is 2.03. The fraction of sp³-hybridized carbons (Fsp3) is 0.133. The molecule has 5 heteroatoms. The number of halogens is 1. The van der Waals surface area contributed by atoms with Gasteiger partial charge in [0.2, 0.25) is 5.91 Å². The summed E-state index contributed by atoms with van der Waals surface area (Å²) in [7, 11) is 0. The zero-order chi connectivity index (χ0) is 14.5. The van der Waals surface area contributed by atoms with E-state index in [4.69, 9.17) is 22.4 Å². The van der Waals surface area contributed by atoms with Gasteiger partial charge in [-0.2, -0.15) is 0 Å². The highest BCUT2D eigenvalue weighted by molar-refractivity contribution is 6.34. The molecule has 0 aromatic heterocycles. The normalized spacial score (nSPS) is 10.3. The molecule has 0 fully saturated rings. The third-order valence-electron chi connectivity index (χ3n) is 2.94. The Bertz CT molecular complexity index is 612. The molecule has 2 rings (SSSR count). The Morgan fingerprint density at radius 3 is 2.35 bits per heavy atom. The minimum absolute atomic E-state index is 0.0396. The van der Waals surface area contributed by atoms with Crippen LogP contribution in [0.4, 0.5) is 5.69 Å². The lowest BCUT2D eigenvalue weighted by molar-refractivity contribution is 0.100. The highest BCUT2D eigenvalue weighted by Crippen LogP contribution is 2.21. The van der Waals surface area contributed by atoms with E-state index >= 15 is 0 Å². The molecule has 0 bridgehead atoms. The summed E-state index contributed by atoms with van der Waals surface area (Å²) >= 11 is 5.98. The molecule has 4 N–H and O–H groups in total. The van der Waals surface area contributed by atoms with Crippen molar-refractivity contribution in [1.29, 1.82) is 0 Å². The second kappa shape index (κ2) is 6.41. The lowest BCUT2D eigenvalue weighted by Gasteiger charge is -2.09. The van der Waals surface area contributed by atoms with Crippen molar-refractivity contribution in [2.24, 2.45) is 5.73 Å². The molecule has 0 saturated heterocycles. The van der Waals surface area contributed by atoms with Gasteiger partial charge in [-0.25, -0.2) is 0 Å². The molecule has 0 saturated carbocycles. The van der Waals surface area contributed by atoms with E-state index in [9.17, 15) is 4.79 Å². The Hall–Kier alpha value is -2.04. The van der Waals surface area contributed by atoms with Crippen LogP contribution in [0.5, 0.6) is 0 Å². The van der Waals surface area contributed by atoms with Gasteiger partial charge < -0.3 is 16.2 Å². The molecule has 0 aliphatic rings. The van der Waals surface area contributed by atoms with Crippen molar-refractivity contribution in [3.8, 4) is 0 Å². The van der Waals surface area contributed by atoms with Crippen LogP contribution in [0, 0.1) is 0 Å². The zero-order valence-electron chi connectivity index (χ0n) is 10.8. The van der Waals surface area contributed by atoms with Crippen LogP contribution in [0.15, 0.2) is 42.5 Å². The second-order valence-electron chi connectivity index (χ2n) is 4.39. The average Bonchev–Trinajstić information content (AvgIpc) is 2.45. The van der Waals surface area contributed by atoms with Gasteiger partial charge in [0.05, 0.1) is 17.2 Å². The largest absolute Gasteiger partial charge is 0.392 e. The van der Waals surface area contributed by atoms with Crippen molar-refractivity contribution >= 4 is 23.2 Å². The van der Waals surface area contributed by atoms with Crippen molar-refractivity contribution in [2.45, 2.75) is 13.2 Å². The number of nitrogens with two attached hydrogens (primary N) is 1. The summed E-state index contributed by atoms with van der Waals surface area (Å²) in [6.07, 6.45) is 0. The molecule has 0 aliphatic carbocycles. The topological polar surface area (TPSA) is 75.4 Å². The summed E-state index contributed by atoms with van der Waals surface area (Å²) in [5, 5.41) is 12.5. The first-order valence-electron chi connectivity index (χ1n) is 6.12. The number of nitrogens with one attached hydrogen (secondary N) is 1. The van der Waals surface area contributed by atoms with Gasteiger partial charge in [0, 0.05) is 12.2 Å². The van der Waals surface area contributed by atoms with E-state index in [0.717, 1.165) is 16.8 Å². The molecular formula is C15H15ClN2O2. The van der Waals surface area contributed by atoms with Gasteiger partial charge in [0.15, 0.2) is 0 Å². The number of aliphatic hydroxyl groups excluding tert-OH is 1. The minimum atomic E-state index is -0.541. The first-order valence-corrected chi connectivity index (χ1v) is 6.50. The summed E-state index contributed by atoms with van der Waals surface area (Å²) in [5.41, 5.74) is 8.27. The average molecular weight is 291 g/mol. The molecule has 0 aliphatic heterocycles. The van der Waals surface area contributed by atoms with Crippen molar-refractivity contribution in [2.75, 3.05) is 5.32 Å². The van der Waals surface area contributed by atoms with Gasteiger partial charge in [-0.05, 0) is 29.3 Å². The highest BCUT2D eigenvalue weighted by Gasteiger charge is 2.06. The second-order valence-corrected chi connectivity index (χ2v) is 4.79. The number of amides is 1. The number of aliphatic hydroxyl groups is 1. The van der Waals surface area contributed by atoms with E-state index in [-0.39, 0.29) is 6.61 Å². The maximum absolute atomic E-state index is 11.1. The van der Waals surface area contributed by atoms with Crippen LogP contribution in [-0.4, -0.2) is 11.0 Å². The van der Waals surface area contributed by atoms with E-state index in [0.29, 0.717) is 17.1 Å². The van der Waals surface area contributed by atoms with Crippen LogP contribution < -0.4 is 11.1 Å². The molecule has 20 heavy (non-hydrogen) atoms. The van der Waals surface area contributed by atoms with Crippen LogP contribution in [0.25, 0.3) is 0 Å². The monoisotopic (exact) mass is 290 g/mol. The smallest absolute Gasteiger partial charge is 0.250 e. The first-order chi connectivity index (χ1) is 9.60. The van der Waals surface area contributed by atoms with Gasteiger partial charge >= 0.3 is 0 Å². The summed E-state index contributed by atoms with van der Waals surface area (Å²) in [6, 6.07) is 12.7. The number of benzene rings is 2. The molecule has 0 unspecified atom stereocenters. The van der Waals surface area contributed by atoms with Gasteiger partial charge in [0.1, 0.15) is 0 Å². The van der Waals surface area contributed by atoms with E-state index in [1.807, 2.05) is 24.3 Å². The number of primary amides is 1. The molecule has 0 spiro atoms. The molecule has 4 nitrogen and oxygen atoms in total. The minimum Gasteiger partial charge on any atom is -0.392 e. The maximum Gasteiger partial charge on any atom is 0.250 e. The predicted octanol–water partition coefficient (Wildman–Crippen LogP) is 2.54. The lowest BCUT2D eigenvalue weighted by atomic mass is 10.1. The molecule has 1 amide bonds. The Morgan fingerprint density at radius 1 is 1.15 bits per heavy atom. The maximum atomic E-state index is 11.1. The van der Waals surface area contributed by atoms with Crippen molar-refractivity contribution < 1.29 is 9.90 Å². The summed E-state index contributed by atoms with van der Waals surface area (Å²) < 4.78 is 0. The third-order valence-corrected chi connectivity index (χ3v) is 3.25.